The lowest BCUT2D eigenvalue weighted by atomic mass is 10.1. The van der Waals surface area contributed by atoms with E-state index in [9.17, 15) is 4.79 Å². The Morgan fingerprint density at radius 1 is 0.941 bits per heavy atom. The maximum Gasteiger partial charge on any atom is 0.310 e. The SMILES string of the molecule is CCCCCCCCCC/C=C/OC(=O)CC. The molecule has 0 unspecified atom stereocenters. The quantitative estimate of drug-likeness (QED) is 0.289. The third-order valence-electron chi connectivity index (χ3n) is 2.81. The number of hydrogen-bond acceptors (Lipinski definition) is 2. The first kappa shape index (κ1) is 16.2. The highest BCUT2D eigenvalue weighted by Gasteiger charge is 1.93. The van der Waals surface area contributed by atoms with Gasteiger partial charge in [0.05, 0.1) is 6.26 Å². The number of esters is 1. The van der Waals surface area contributed by atoms with Crippen molar-refractivity contribution in [1.29, 1.82) is 0 Å². The minimum absolute atomic E-state index is 0.155. The molecule has 17 heavy (non-hydrogen) atoms. The summed E-state index contributed by atoms with van der Waals surface area (Å²) in [6.45, 7) is 4.05. The molecule has 0 fully saturated rings. The lowest BCUT2D eigenvalue weighted by Crippen LogP contribution is -1.95. The van der Waals surface area contributed by atoms with E-state index in [2.05, 4.69) is 6.92 Å². The average molecular weight is 240 g/mol. The van der Waals surface area contributed by atoms with Crippen molar-refractivity contribution >= 4 is 5.97 Å². The molecular weight excluding hydrogens is 212 g/mol. The normalized spacial score (nSPS) is 10.9. The fourth-order valence-electron chi connectivity index (χ4n) is 1.67. The second kappa shape index (κ2) is 13.3. The van der Waals surface area contributed by atoms with Crippen LogP contribution in [0.3, 0.4) is 0 Å². The summed E-state index contributed by atoms with van der Waals surface area (Å²) in [4.78, 5) is 10.8. The Labute approximate surface area is 106 Å². The standard InChI is InChI=1S/C15H28O2/c1-3-5-6-7-8-9-10-11-12-13-14-17-15(16)4-2/h13-14H,3-12H2,1-2H3/b14-13+. The Morgan fingerprint density at radius 2 is 1.53 bits per heavy atom. The van der Waals surface area contributed by atoms with Crippen molar-refractivity contribution in [3.05, 3.63) is 12.3 Å². The molecule has 0 saturated heterocycles. The van der Waals surface area contributed by atoms with E-state index in [0.29, 0.717) is 6.42 Å². The number of carbonyl (C=O) groups is 1. The van der Waals surface area contributed by atoms with Gasteiger partial charge in [0.1, 0.15) is 0 Å². The predicted molar refractivity (Wildman–Crippen MR) is 72.8 cm³/mol. The van der Waals surface area contributed by atoms with Gasteiger partial charge in [-0.05, 0) is 18.9 Å². The molecule has 0 heterocycles. The monoisotopic (exact) mass is 240 g/mol. The fraction of sp³-hybridized carbons (Fsp3) is 0.800. The molecule has 0 rings (SSSR count). The van der Waals surface area contributed by atoms with Crippen molar-refractivity contribution in [2.24, 2.45) is 0 Å². The second-order valence-electron chi connectivity index (χ2n) is 4.48. The van der Waals surface area contributed by atoms with Gasteiger partial charge in [0.2, 0.25) is 0 Å². The molecule has 0 amide bonds. The number of unbranched alkanes of at least 4 members (excludes halogenated alkanes) is 8. The Bertz CT molecular complexity index is 197. The zero-order chi connectivity index (χ0) is 12.8. The number of allylic oxidation sites excluding steroid dienone is 1. The van der Waals surface area contributed by atoms with E-state index in [0.717, 1.165) is 6.42 Å². The van der Waals surface area contributed by atoms with Crippen LogP contribution in [0.4, 0.5) is 0 Å². The van der Waals surface area contributed by atoms with Crippen LogP contribution in [0.2, 0.25) is 0 Å². The van der Waals surface area contributed by atoms with E-state index in [4.69, 9.17) is 4.74 Å². The zero-order valence-electron chi connectivity index (χ0n) is 11.5. The molecular formula is C15H28O2. The Morgan fingerprint density at radius 3 is 2.12 bits per heavy atom. The smallest absolute Gasteiger partial charge is 0.310 e. The van der Waals surface area contributed by atoms with Gasteiger partial charge in [0.25, 0.3) is 0 Å². The van der Waals surface area contributed by atoms with Crippen molar-refractivity contribution in [3.8, 4) is 0 Å². The van der Waals surface area contributed by atoms with Crippen molar-refractivity contribution in [3.63, 3.8) is 0 Å². The van der Waals surface area contributed by atoms with Crippen LogP contribution in [0.5, 0.6) is 0 Å². The minimum Gasteiger partial charge on any atom is -0.435 e. The van der Waals surface area contributed by atoms with Crippen LogP contribution in [0.15, 0.2) is 12.3 Å². The maximum atomic E-state index is 10.8. The van der Waals surface area contributed by atoms with Crippen molar-refractivity contribution < 1.29 is 9.53 Å². The molecule has 0 bridgehead atoms. The van der Waals surface area contributed by atoms with Gasteiger partial charge < -0.3 is 4.74 Å². The van der Waals surface area contributed by atoms with Crippen LogP contribution >= 0.6 is 0 Å². The summed E-state index contributed by atoms with van der Waals surface area (Å²) < 4.78 is 4.84. The van der Waals surface area contributed by atoms with Crippen molar-refractivity contribution in [2.45, 2.75) is 78.1 Å². The Balaban J connectivity index is 3.10. The third kappa shape index (κ3) is 13.1. The highest BCUT2D eigenvalue weighted by Crippen LogP contribution is 2.09. The van der Waals surface area contributed by atoms with E-state index in [1.54, 1.807) is 6.92 Å². The molecule has 0 saturated carbocycles. The zero-order valence-corrected chi connectivity index (χ0v) is 11.5. The molecule has 0 aromatic rings. The van der Waals surface area contributed by atoms with E-state index in [1.165, 1.54) is 57.6 Å². The van der Waals surface area contributed by atoms with Gasteiger partial charge in [-0.2, -0.15) is 0 Å². The molecule has 0 atom stereocenters. The summed E-state index contributed by atoms with van der Waals surface area (Å²) in [6.07, 6.45) is 15.6. The van der Waals surface area contributed by atoms with Gasteiger partial charge in [-0.15, -0.1) is 0 Å². The maximum absolute atomic E-state index is 10.8. The molecule has 0 spiro atoms. The molecule has 0 aliphatic heterocycles. The first-order valence-corrected chi connectivity index (χ1v) is 7.15. The summed E-state index contributed by atoms with van der Waals surface area (Å²) in [6, 6.07) is 0. The van der Waals surface area contributed by atoms with Crippen molar-refractivity contribution in [1.82, 2.24) is 0 Å². The number of rotatable bonds is 11. The highest BCUT2D eigenvalue weighted by atomic mass is 16.5. The summed E-state index contributed by atoms with van der Waals surface area (Å²) in [5.74, 6) is -0.155. The van der Waals surface area contributed by atoms with Crippen molar-refractivity contribution in [2.75, 3.05) is 0 Å². The molecule has 0 aromatic carbocycles. The molecule has 2 nitrogen and oxygen atoms in total. The lowest BCUT2D eigenvalue weighted by Gasteiger charge is -1.99. The van der Waals surface area contributed by atoms with Crippen LogP contribution in [0.25, 0.3) is 0 Å². The average Bonchev–Trinajstić information content (AvgIpc) is 2.35. The third-order valence-corrected chi connectivity index (χ3v) is 2.81. The number of carbonyl (C=O) groups excluding carboxylic acids is 1. The van der Waals surface area contributed by atoms with Crippen LogP contribution in [0.1, 0.15) is 78.1 Å². The molecule has 0 aromatic heterocycles. The summed E-state index contributed by atoms with van der Waals surface area (Å²) in [7, 11) is 0. The Kier molecular flexibility index (Phi) is 12.7. The van der Waals surface area contributed by atoms with E-state index in [-0.39, 0.29) is 5.97 Å². The van der Waals surface area contributed by atoms with Gasteiger partial charge in [-0.1, -0.05) is 58.8 Å². The minimum atomic E-state index is -0.155. The van der Waals surface area contributed by atoms with Gasteiger partial charge in [0.15, 0.2) is 0 Å². The highest BCUT2D eigenvalue weighted by molar-refractivity contribution is 5.69. The number of ether oxygens (including phenoxy) is 1. The van der Waals surface area contributed by atoms with Crippen LogP contribution in [0, 0.1) is 0 Å². The van der Waals surface area contributed by atoms with Gasteiger partial charge in [-0.3, -0.25) is 4.79 Å². The largest absolute Gasteiger partial charge is 0.435 e. The molecule has 0 aliphatic carbocycles. The van der Waals surface area contributed by atoms with Crippen LogP contribution < -0.4 is 0 Å². The first-order chi connectivity index (χ1) is 8.31. The predicted octanol–water partition coefficient (Wildman–Crippen LogP) is 4.98. The van der Waals surface area contributed by atoms with Crippen LogP contribution in [-0.2, 0) is 9.53 Å². The van der Waals surface area contributed by atoms with Crippen LogP contribution in [-0.4, -0.2) is 5.97 Å². The van der Waals surface area contributed by atoms with E-state index in [1.807, 2.05) is 6.08 Å². The van der Waals surface area contributed by atoms with Gasteiger partial charge in [0, 0.05) is 6.42 Å². The summed E-state index contributed by atoms with van der Waals surface area (Å²) in [5.41, 5.74) is 0. The molecule has 100 valence electrons. The number of hydrogen-bond donors (Lipinski definition) is 0. The molecule has 0 N–H and O–H groups in total. The summed E-state index contributed by atoms with van der Waals surface area (Å²) in [5, 5.41) is 0. The Hall–Kier alpha value is -0.790. The summed E-state index contributed by atoms with van der Waals surface area (Å²) >= 11 is 0. The van der Waals surface area contributed by atoms with E-state index >= 15 is 0 Å². The fourth-order valence-corrected chi connectivity index (χ4v) is 1.67. The first-order valence-electron chi connectivity index (χ1n) is 7.15. The second-order valence-corrected chi connectivity index (χ2v) is 4.48. The topological polar surface area (TPSA) is 26.3 Å². The van der Waals surface area contributed by atoms with Gasteiger partial charge >= 0.3 is 5.97 Å². The molecule has 0 radical (unpaired) electrons. The van der Waals surface area contributed by atoms with Gasteiger partial charge in [-0.25, -0.2) is 0 Å². The molecule has 2 heteroatoms. The lowest BCUT2D eigenvalue weighted by molar-refractivity contribution is -0.137. The molecule has 0 aliphatic rings. The van der Waals surface area contributed by atoms with E-state index < -0.39 is 0 Å².